The van der Waals surface area contributed by atoms with E-state index in [1.807, 2.05) is 0 Å². The molecular weight excluding hydrogens is 268 g/mol. The van der Waals surface area contributed by atoms with Crippen LogP contribution < -0.4 is 16.4 Å². The molecule has 1 atom stereocenters. The van der Waals surface area contributed by atoms with Crippen LogP contribution in [0.15, 0.2) is 0 Å². The molecule has 0 saturated carbocycles. The second-order valence-electron chi connectivity index (χ2n) is 4.98. The topological polar surface area (TPSA) is 142 Å². The molecule has 0 aromatic carbocycles. The molecule has 0 radical (unpaired) electrons. The van der Waals surface area contributed by atoms with Gasteiger partial charge in [-0.25, -0.2) is 9.59 Å². The minimum atomic E-state index is -1.42. The van der Waals surface area contributed by atoms with Crippen LogP contribution in [0.3, 0.4) is 0 Å². The van der Waals surface area contributed by atoms with Crippen molar-refractivity contribution in [2.45, 2.75) is 31.8 Å². The zero-order valence-corrected chi connectivity index (χ0v) is 11.3. The molecule has 1 saturated heterocycles. The number of hydrogen-bond acceptors (Lipinski definition) is 4. The lowest BCUT2D eigenvalue weighted by atomic mass is 9.99. The Morgan fingerprint density at radius 2 is 2.10 bits per heavy atom. The van der Waals surface area contributed by atoms with Crippen LogP contribution >= 0.6 is 0 Å². The van der Waals surface area contributed by atoms with Crippen molar-refractivity contribution in [1.82, 2.24) is 15.5 Å². The number of primary amides is 1. The van der Waals surface area contributed by atoms with E-state index in [1.54, 1.807) is 13.8 Å². The van der Waals surface area contributed by atoms with Gasteiger partial charge >= 0.3 is 12.0 Å². The number of aliphatic carboxylic acids is 1. The Labute approximate surface area is 115 Å². The van der Waals surface area contributed by atoms with Crippen LogP contribution in [0, 0.1) is 0 Å². The van der Waals surface area contributed by atoms with E-state index in [1.165, 1.54) is 4.90 Å². The lowest BCUT2D eigenvalue weighted by Crippen LogP contribution is -2.66. The molecule has 0 aromatic heterocycles. The first kappa shape index (κ1) is 15.7. The normalized spacial score (nSPS) is 18.9. The van der Waals surface area contributed by atoms with Crippen LogP contribution in [-0.4, -0.2) is 58.5 Å². The summed E-state index contributed by atoms with van der Waals surface area (Å²) in [6.45, 7) is 3.62. The Morgan fingerprint density at radius 1 is 1.50 bits per heavy atom. The first-order valence-corrected chi connectivity index (χ1v) is 6.03. The van der Waals surface area contributed by atoms with E-state index in [4.69, 9.17) is 10.8 Å². The number of hydrogen-bond donors (Lipinski definition) is 4. The van der Waals surface area contributed by atoms with Gasteiger partial charge in [-0.3, -0.25) is 9.59 Å². The Kier molecular flexibility index (Phi) is 4.53. The zero-order valence-electron chi connectivity index (χ0n) is 11.3. The number of nitrogens with one attached hydrogen (secondary N) is 2. The number of carboxylic acid groups (broad SMARTS) is 1. The van der Waals surface area contributed by atoms with Gasteiger partial charge in [0.05, 0.1) is 6.42 Å². The van der Waals surface area contributed by atoms with Gasteiger partial charge in [0.15, 0.2) is 0 Å². The predicted octanol–water partition coefficient (Wildman–Crippen LogP) is -1.76. The molecule has 4 amide bonds. The summed E-state index contributed by atoms with van der Waals surface area (Å²) in [6.07, 6.45) is -0.512. The SMILES string of the molecule is CC1(C)C(=O)NCCN1C(=O)NC(CC(N)=O)C(=O)O. The van der Waals surface area contributed by atoms with Crippen molar-refractivity contribution >= 4 is 23.8 Å². The molecule has 0 aliphatic carbocycles. The van der Waals surface area contributed by atoms with Gasteiger partial charge in [-0.05, 0) is 13.8 Å². The van der Waals surface area contributed by atoms with E-state index in [0.29, 0.717) is 0 Å². The first-order valence-electron chi connectivity index (χ1n) is 6.03. The number of rotatable bonds is 4. The van der Waals surface area contributed by atoms with Crippen LogP contribution in [0.5, 0.6) is 0 Å². The average molecular weight is 286 g/mol. The Hall–Kier alpha value is -2.32. The molecule has 0 bridgehead atoms. The molecule has 20 heavy (non-hydrogen) atoms. The minimum absolute atomic E-state index is 0.244. The van der Waals surface area contributed by atoms with E-state index in [-0.39, 0.29) is 19.0 Å². The Bertz CT molecular complexity index is 448. The van der Waals surface area contributed by atoms with Crippen LogP contribution in [0.1, 0.15) is 20.3 Å². The van der Waals surface area contributed by atoms with Crippen molar-refractivity contribution in [2.75, 3.05) is 13.1 Å². The van der Waals surface area contributed by atoms with E-state index in [9.17, 15) is 19.2 Å². The number of nitrogens with two attached hydrogens (primary N) is 1. The lowest BCUT2D eigenvalue weighted by Gasteiger charge is -2.41. The molecule has 0 aromatic rings. The maximum absolute atomic E-state index is 12.1. The smallest absolute Gasteiger partial charge is 0.326 e. The third kappa shape index (κ3) is 3.37. The van der Waals surface area contributed by atoms with E-state index < -0.39 is 35.9 Å². The number of piperazine rings is 1. The van der Waals surface area contributed by atoms with Gasteiger partial charge in [-0.15, -0.1) is 0 Å². The van der Waals surface area contributed by atoms with Crippen LogP contribution in [0.4, 0.5) is 4.79 Å². The first-order chi connectivity index (χ1) is 9.16. The summed E-state index contributed by atoms with van der Waals surface area (Å²) in [5, 5.41) is 13.7. The largest absolute Gasteiger partial charge is 0.480 e. The lowest BCUT2D eigenvalue weighted by molar-refractivity contribution is -0.141. The molecule has 1 unspecified atom stereocenters. The van der Waals surface area contributed by atoms with E-state index in [0.717, 1.165) is 0 Å². The molecule has 1 heterocycles. The summed E-state index contributed by atoms with van der Waals surface area (Å²) in [5.41, 5.74) is 3.83. The second kappa shape index (κ2) is 5.76. The molecule has 1 aliphatic heterocycles. The van der Waals surface area contributed by atoms with Gasteiger partial charge in [0, 0.05) is 13.1 Å². The molecule has 9 nitrogen and oxygen atoms in total. The molecule has 1 aliphatic rings. The Balaban J connectivity index is 2.80. The summed E-state index contributed by atoms with van der Waals surface area (Å²) in [4.78, 5) is 46.7. The fourth-order valence-electron chi connectivity index (χ4n) is 1.88. The number of nitrogens with zero attached hydrogens (tertiary/aromatic N) is 1. The third-order valence-electron chi connectivity index (χ3n) is 3.10. The summed E-state index contributed by atoms with van der Waals surface area (Å²) in [5.74, 6) is -2.54. The van der Waals surface area contributed by atoms with Crippen molar-refractivity contribution in [3.05, 3.63) is 0 Å². The van der Waals surface area contributed by atoms with Crippen molar-refractivity contribution in [3.8, 4) is 0 Å². The molecular formula is C11H18N4O5. The van der Waals surface area contributed by atoms with Crippen molar-refractivity contribution < 1.29 is 24.3 Å². The van der Waals surface area contributed by atoms with Gasteiger partial charge in [-0.2, -0.15) is 0 Å². The Morgan fingerprint density at radius 3 is 2.60 bits per heavy atom. The quantitative estimate of drug-likeness (QED) is 0.484. The van der Waals surface area contributed by atoms with Crippen LogP contribution in [-0.2, 0) is 14.4 Å². The molecule has 0 spiro atoms. The number of carbonyl (C=O) groups excluding carboxylic acids is 3. The van der Waals surface area contributed by atoms with Crippen LogP contribution in [0.25, 0.3) is 0 Å². The number of amides is 4. The summed E-state index contributed by atoms with van der Waals surface area (Å²) in [7, 11) is 0. The molecule has 5 N–H and O–H groups in total. The van der Waals surface area contributed by atoms with E-state index >= 15 is 0 Å². The monoisotopic (exact) mass is 286 g/mol. The second-order valence-corrected chi connectivity index (χ2v) is 4.98. The van der Waals surface area contributed by atoms with Gasteiger partial charge in [0.25, 0.3) is 0 Å². The molecule has 112 valence electrons. The maximum atomic E-state index is 12.1. The highest BCUT2D eigenvalue weighted by molar-refractivity contribution is 5.93. The minimum Gasteiger partial charge on any atom is -0.480 e. The molecule has 1 fully saturated rings. The summed E-state index contributed by atoms with van der Waals surface area (Å²) < 4.78 is 0. The summed E-state index contributed by atoms with van der Waals surface area (Å²) in [6, 6.07) is -2.14. The number of urea groups is 1. The highest BCUT2D eigenvalue weighted by Crippen LogP contribution is 2.17. The predicted molar refractivity (Wildman–Crippen MR) is 67.6 cm³/mol. The fourth-order valence-corrected chi connectivity index (χ4v) is 1.88. The fraction of sp³-hybridized carbons (Fsp3) is 0.636. The number of carbonyl (C=O) groups is 4. The number of carboxylic acids is 1. The summed E-state index contributed by atoms with van der Waals surface area (Å²) >= 11 is 0. The molecule has 9 heteroatoms. The highest BCUT2D eigenvalue weighted by Gasteiger charge is 2.41. The zero-order chi connectivity index (χ0) is 15.5. The van der Waals surface area contributed by atoms with E-state index in [2.05, 4.69) is 10.6 Å². The van der Waals surface area contributed by atoms with Gasteiger partial charge in [0.2, 0.25) is 11.8 Å². The average Bonchev–Trinajstić information content (AvgIpc) is 2.30. The molecule has 1 rings (SSSR count). The highest BCUT2D eigenvalue weighted by atomic mass is 16.4. The van der Waals surface area contributed by atoms with Crippen molar-refractivity contribution in [1.29, 1.82) is 0 Å². The van der Waals surface area contributed by atoms with Gasteiger partial charge in [0.1, 0.15) is 11.6 Å². The van der Waals surface area contributed by atoms with Crippen LogP contribution in [0.2, 0.25) is 0 Å². The maximum Gasteiger partial charge on any atom is 0.326 e. The van der Waals surface area contributed by atoms with Crippen molar-refractivity contribution in [2.24, 2.45) is 5.73 Å². The van der Waals surface area contributed by atoms with Gasteiger partial charge < -0.3 is 26.4 Å². The third-order valence-corrected chi connectivity index (χ3v) is 3.10. The van der Waals surface area contributed by atoms with Gasteiger partial charge in [-0.1, -0.05) is 0 Å². The van der Waals surface area contributed by atoms with Crippen molar-refractivity contribution in [3.63, 3.8) is 0 Å². The standard InChI is InChI=1S/C11H18N4O5/c1-11(2)9(19)13-3-4-15(11)10(20)14-6(8(17)18)5-7(12)16/h6H,3-5H2,1-2H3,(H2,12,16)(H,13,19)(H,14,20)(H,17,18).